The van der Waals surface area contributed by atoms with Gasteiger partial charge in [-0.3, -0.25) is 14.9 Å². The summed E-state index contributed by atoms with van der Waals surface area (Å²) in [5, 5.41) is 2.21. The quantitative estimate of drug-likeness (QED) is 0.468. The monoisotopic (exact) mass is 488 g/mol. The number of carbonyl (C=O) groups is 3. The van der Waals surface area contributed by atoms with E-state index in [1.165, 1.54) is 13.2 Å². The maximum Gasteiger partial charge on any atom is 0.336 e. The number of ether oxygens (including phenoxy) is 3. The van der Waals surface area contributed by atoms with Crippen molar-refractivity contribution in [3.05, 3.63) is 52.0 Å². The van der Waals surface area contributed by atoms with E-state index in [0.717, 1.165) is 4.90 Å². The van der Waals surface area contributed by atoms with Crippen molar-refractivity contribution >= 4 is 45.5 Å². The first kappa shape index (κ1) is 22.4. The lowest BCUT2D eigenvalue weighted by molar-refractivity contribution is -0.122. The highest BCUT2D eigenvalue weighted by Crippen LogP contribution is 2.36. The lowest BCUT2D eigenvalue weighted by atomic mass is 10.1. The maximum absolute atomic E-state index is 13.2. The topological polar surface area (TPSA) is 94.2 Å². The average Bonchev–Trinajstić information content (AvgIpc) is 2.74. The number of imide groups is 2. The lowest BCUT2D eigenvalue weighted by Crippen LogP contribution is -2.54. The van der Waals surface area contributed by atoms with Gasteiger partial charge in [-0.05, 0) is 49.8 Å². The number of rotatable bonds is 7. The molecule has 0 spiro atoms. The van der Waals surface area contributed by atoms with Crippen LogP contribution in [0.3, 0.4) is 0 Å². The Kier molecular flexibility index (Phi) is 6.96. The van der Waals surface area contributed by atoms with Gasteiger partial charge in [0, 0.05) is 4.47 Å². The van der Waals surface area contributed by atoms with Gasteiger partial charge >= 0.3 is 6.03 Å². The van der Waals surface area contributed by atoms with Crippen molar-refractivity contribution < 1.29 is 28.6 Å². The number of urea groups is 1. The fraction of sp³-hybridized carbons (Fsp3) is 0.227. The molecule has 0 atom stereocenters. The van der Waals surface area contributed by atoms with E-state index in [2.05, 4.69) is 21.2 Å². The fourth-order valence-electron chi connectivity index (χ4n) is 3.04. The highest BCUT2D eigenvalue weighted by Gasteiger charge is 2.38. The smallest absolute Gasteiger partial charge is 0.336 e. The van der Waals surface area contributed by atoms with Crippen molar-refractivity contribution in [2.24, 2.45) is 0 Å². The van der Waals surface area contributed by atoms with Crippen molar-refractivity contribution in [2.45, 2.75) is 13.8 Å². The number of para-hydroxylation sites is 2. The van der Waals surface area contributed by atoms with E-state index < -0.39 is 17.8 Å². The first-order chi connectivity index (χ1) is 14.9. The number of anilines is 1. The second-order valence-electron chi connectivity index (χ2n) is 6.32. The highest BCUT2D eigenvalue weighted by atomic mass is 79.9. The van der Waals surface area contributed by atoms with Crippen LogP contribution in [0.4, 0.5) is 10.5 Å². The Morgan fingerprint density at radius 1 is 1.00 bits per heavy atom. The van der Waals surface area contributed by atoms with Gasteiger partial charge in [0.05, 0.1) is 26.0 Å². The molecular formula is C22H21BrN2O6. The molecule has 9 heteroatoms. The number of halogens is 1. The van der Waals surface area contributed by atoms with Gasteiger partial charge in [-0.25, -0.2) is 9.69 Å². The number of nitrogens with zero attached hydrogens (tertiary/aromatic N) is 1. The number of methoxy groups -OCH3 is 1. The zero-order chi connectivity index (χ0) is 22.5. The number of carbonyl (C=O) groups excluding carboxylic acids is 3. The van der Waals surface area contributed by atoms with E-state index in [4.69, 9.17) is 14.2 Å². The molecule has 4 amide bonds. The molecule has 162 valence electrons. The van der Waals surface area contributed by atoms with Gasteiger partial charge in [-0.1, -0.05) is 28.1 Å². The Morgan fingerprint density at radius 2 is 1.68 bits per heavy atom. The molecular weight excluding hydrogens is 468 g/mol. The van der Waals surface area contributed by atoms with Gasteiger partial charge < -0.3 is 14.2 Å². The number of benzene rings is 2. The molecule has 1 heterocycles. The Balaban J connectivity index is 2.07. The largest absolute Gasteiger partial charge is 0.493 e. The Morgan fingerprint density at radius 3 is 2.35 bits per heavy atom. The SMILES string of the molecule is CCOc1cc(/C=C2\C(=O)NC(=O)N(c3ccccc3OCC)C2=O)c(Br)cc1OC. The van der Waals surface area contributed by atoms with Crippen molar-refractivity contribution in [1.29, 1.82) is 0 Å². The summed E-state index contributed by atoms with van der Waals surface area (Å²) in [5.74, 6) is -0.245. The van der Waals surface area contributed by atoms with E-state index in [0.29, 0.717) is 40.5 Å². The molecule has 31 heavy (non-hydrogen) atoms. The van der Waals surface area contributed by atoms with Gasteiger partial charge in [-0.15, -0.1) is 0 Å². The molecule has 8 nitrogen and oxygen atoms in total. The van der Waals surface area contributed by atoms with Crippen LogP contribution in [-0.2, 0) is 9.59 Å². The summed E-state index contributed by atoms with van der Waals surface area (Å²) in [7, 11) is 1.51. The Hall–Kier alpha value is -3.33. The number of nitrogens with one attached hydrogen (secondary N) is 1. The molecule has 0 bridgehead atoms. The standard InChI is InChI=1S/C22H21BrN2O6/c1-4-30-17-9-7-6-8-16(17)25-21(27)14(20(26)24-22(25)28)10-13-11-19(31-5-2)18(29-3)12-15(13)23/h6-12H,4-5H2,1-3H3,(H,24,26,28)/b14-10+. The number of hydrogen-bond donors (Lipinski definition) is 1. The molecule has 2 aromatic rings. The molecule has 0 saturated carbocycles. The molecule has 0 radical (unpaired) electrons. The maximum atomic E-state index is 13.2. The molecule has 1 saturated heterocycles. The van der Waals surface area contributed by atoms with Crippen molar-refractivity contribution in [2.75, 3.05) is 25.2 Å². The number of amides is 4. The summed E-state index contributed by atoms with van der Waals surface area (Å²) in [6, 6.07) is 9.10. The van der Waals surface area contributed by atoms with E-state index in [9.17, 15) is 14.4 Å². The van der Waals surface area contributed by atoms with Crippen molar-refractivity contribution in [1.82, 2.24) is 5.32 Å². The molecule has 1 aliphatic heterocycles. The molecule has 2 aromatic carbocycles. The van der Waals surface area contributed by atoms with Gasteiger partial charge in [0.2, 0.25) is 0 Å². The molecule has 0 unspecified atom stereocenters. The minimum Gasteiger partial charge on any atom is -0.493 e. The number of hydrogen-bond acceptors (Lipinski definition) is 6. The fourth-order valence-corrected chi connectivity index (χ4v) is 3.48. The lowest BCUT2D eigenvalue weighted by Gasteiger charge is -2.27. The van der Waals surface area contributed by atoms with Crippen LogP contribution in [0, 0.1) is 0 Å². The van der Waals surface area contributed by atoms with E-state index in [-0.39, 0.29) is 11.3 Å². The zero-order valence-corrected chi connectivity index (χ0v) is 18.8. The van der Waals surface area contributed by atoms with Gasteiger partial charge in [0.25, 0.3) is 11.8 Å². The van der Waals surface area contributed by atoms with E-state index in [1.807, 2.05) is 6.92 Å². The van der Waals surface area contributed by atoms with Crippen LogP contribution >= 0.6 is 15.9 Å². The third-order valence-electron chi connectivity index (χ3n) is 4.39. The summed E-state index contributed by atoms with van der Waals surface area (Å²) in [5.41, 5.74) is 0.545. The molecule has 1 aliphatic rings. The van der Waals surface area contributed by atoms with E-state index >= 15 is 0 Å². The van der Waals surface area contributed by atoms with Crippen LogP contribution in [0.15, 0.2) is 46.4 Å². The van der Waals surface area contributed by atoms with Gasteiger partial charge in [0.15, 0.2) is 11.5 Å². The molecule has 0 aliphatic carbocycles. The highest BCUT2D eigenvalue weighted by molar-refractivity contribution is 9.10. The zero-order valence-electron chi connectivity index (χ0n) is 17.2. The first-order valence-corrected chi connectivity index (χ1v) is 10.3. The third-order valence-corrected chi connectivity index (χ3v) is 5.08. The second kappa shape index (κ2) is 9.65. The van der Waals surface area contributed by atoms with Gasteiger partial charge in [-0.2, -0.15) is 0 Å². The van der Waals surface area contributed by atoms with Crippen LogP contribution in [0.2, 0.25) is 0 Å². The number of barbiturate groups is 1. The van der Waals surface area contributed by atoms with Crippen LogP contribution in [0.1, 0.15) is 19.4 Å². The van der Waals surface area contributed by atoms with Crippen LogP contribution in [-0.4, -0.2) is 38.2 Å². The first-order valence-electron chi connectivity index (χ1n) is 9.54. The summed E-state index contributed by atoms with van der Waals surface area (Å²) >= 11 is 3.42. The normalized spacial score (nSPS) is 15.2. The van der Waals surface area contributed by atoms with Crippen molar-refractivity contribution in [3.8, 4) is 17.2 Å². The summed E-state index contributed by atoms with van der Waals surface area (Å²) in [4.78, 5) is 39.1. The summed E-state index contributed by atoms with van der Waals surface area (Å²) in [6.07, 6.45) is 1.40. The molecule has 3 rings (SSSR count). The van der Waals surface area contributed by atoms with E-state index in [1.54, 1.807) is 43.3 Å². The van der Waals surface area contributed by atoms with Crippen LogP contribution in [0.25, 0.3) is 6.08 Å². The predicted octanol–water partition coefficient (Wildman–Crippen LogP) is 3.92. The molecule has 0 aromatic heterocycles. The Labute approximate surface area is 187 Å². The summed E-state index contributed by atoms with van der Waals surface area (Å²) < 4.78 is 17.0. The second-order valence-corrected chi connectivity index (χ2v) is 7.17. The third kappa shape index (κ3) is 4.56. The van der Waals surface area contributed by atoms with Crippen LogP contribution < -0.4 is 24.4 Å². The minimum atomic E-state index is -0.844. The van der Waals surface area contributed by atoms with Crippen LogP contribution in [0.5, 0.6) is 17.2 Å². The Bertz CT molecular complexity index is 1070. The minimum absolute atomic E-state index is 0.209. The molecule has 1 N–H and O–H groups in total. The van der Waals surface area contributed by atoms with Crippen molar-refractivity contribution in [3.63, 3.8) is 0 Å². The molecule has 1 fully saturated rings. The predicted molar refractivity (Wildman–Crippen MR) is 118 cm³/mol. The van der Waals surface area contributed by atoms with Gasteiger partial charge in [0.1, 0.15) is 11.3 Å². The average molecular weight is 489 g/mol. The summed E-state index contributed by atoms with van der Waals surface area (Å²) in [6.45, 7) is 4.38.